The summed E-state index contributed by atoms with van der Waals surface area (Å²) in [6.07, 6.45) is 2.77. The lowest BCUT2D eigenvalue weighted by Crippen LogP contribution is -2.36. The van der Waals surface area contributed by atoms with Crippen LogP contribution in [0.3, 0.4) is 0 Å². The highest BCUT2D eigenvalue weighted by molar-refractivity contribution is 7.91. The molecular formula is C18H25N3O3S. The highest BCUT2D eigenvalue weighted by atomic mass is 32.2. The molecule has 0 amide bonds. The van der Waals surface area contributed by atoms with Gasteiger partial charge >= 0.3 is 0 Å². The summed E-state index contributed by atoms with van der Waals surface area (Å²) in [5, 5.41) is 8.32. The van der Waals surface area contributed by atoms with Crippen molar-refractivity contribution < 1.29 is 12.8 Å². The number of hydrogen-bond acceptors (Lipinski definition) is 6. The maximum atomic E-state index is 11.8. The first-order valence-corrected chi connectivity index (χ1v) is 10.6. The average Bonchev–Trinajstić information content (AvgIpc) is 3.18. The summed E-state index contributed by atoms with van der Waals surface area (Å²) in [6.45, 7) is 5.50. The fraction of sp³-hybridized carbons (Fsp3) is 0.556. The van der Waals surface area contributed by atoms with Crippen molar-refractivity contribution in [3.05, 3.63) is 35.7 Å². The van der Waals surface area contributed by atoms with Crippen molar-refractivity contribution in [2.45, 2.75) is 45.7 Å². The normalized spacial score (nSPS) is 19.6. The predicted octanol–water partition coefficient (Wildman–Crippen LogP) is 2.83. The van der Waals surface area contributed by atoms with Gasteiger partial charge in [0, 0.05) is 11.6 Å². The Morgan fingerprint density at radius 3 is 2.84 bits per heavy atom. The maximum Gasteiger partial charge on any atom is 0.247 e. The third kappa shape index (κ3) is 4.67. The van der Waals surface area contributed by atoms with Gasteiger partial charge in [-0.05, 0) is 38.4 Å². The molecule has 3 rings (SSSR count). The number of sulfone groups is 1. The van der Waals surface area contributed by atoms with Crippen LogP contribution in [0.15, 0.2) is 28.7 Å². The zero-order valence-electron chi connectivity index (χ0n) is 14.8. The molecule has 0 bridgehead atoms. The van der Waals surface area contributed by atoms with Crippen LogP contribution in [0.25, 0.3) is 11.5 Å². The molecule has 1 fully saturated rings. The van der Waals surface area contributed by atoms with E-state index >= 15 is 0 Å². The Hall–Kier alpha value is -1.73. The topological polar surface area (TPSA) is 76.3 Å². The molecule has 1 aliphatic rings. The fourth-order valence-corrected chi connectivity index (χ4v) is 4.96. The van der Waals surface area contributed by atoms with Crippen molar-refractivity contribution in [3.8, 4) is 11.5 Å². The maximum absolute atomic E-state index is 11.8. The van der Waals surface area contributed by atoms with Crippen molar-refractivity contribution in [2.24, 2.45) is 0 Å². The van der Waals surface area contributed by atoms with Crippen LogP contribution in [0.5, 0.6) is 0 Å². The van der Waals surface area contributed by atoms with Gasteiger partial charge in [0.2, 0.25) is 11.8 Å². The Labute approximate surface area is 149 Å². The summed E-state index contributed by atoms with van der Waals surface area (Å²) < 4.78 is 29.5. The van der Waals surface area contributed by atoms with Crippen LogP contribution in [0.2, 0.25) is 0 Å². The summed E-state index contributed by atoms with van der Waals surface area (Å²) in [5.41, 5.74) is 2.04. The lowest BCUT2D eigenvalue weighted by atomic mass is 10.1. The summed E-state index contributed by atoms with van der Waals surface area (Å²) >= 11 is 0. The van der Waals surface area contributed by atoms with E-state index in [1.165, 1.54) is 0 Å². The van der Waals surface area contributed by atoms with Crippen molar-refractivity contribution in [2.75, 3.05) is 18.1 Å². The van der Waals surface area contributed by atoms with Gasteiger partial charge in [0.05, 0.1) is 18.1 Å². The molecule has 6 nitrogen and oxygen atoms in total. The van der Waals surface area contributed by atoms with Gasteiger partial charge in [0.15, 0.2) is 9.84 Å². The molecule has 25 heavy (non-hydrogen) atoms. The van der Waals surface area contributed by atoms with E-state index < -0.39 is 9.84 Å². The molecule has 136 valence electrons. The van der Waals surface area contributed by atoms with Gasteiger partial charge in [-0.3, -0.25) is 4.90 Å². The van der Waals surface area contributed by atoms with Gasteiger partial charge in [-0.15, -0.1) is 10.2 Å². The highest BCUT2D eigenvalue weighted by Crippen LogP contribution is 2.23. The molecule has 0 radical (unpaired) electrons. The Morgan fingerprint density at radius 2 is 2.16 bits per heavy atom. The number of benzene rings is 1. The molecule has 0 saturated carbocycles. The first-order valence-electron chi connectivity index (χ1n) is 8.81. The van der Waals surface area contributed by atoms with Crippen LogP contribution in [0.4, 0.5) is 0 Å². The number of unbranched alkanes of at least 4 members (excludes halogenated alkanes) is 1. The standard InChI is InChI=1S/C18H25N3O3S/c1-3-4-9-21(16-8-10-25(22,23)13-16)12-17-19-20-18(24-17)15-7-5-6-14(2)11-15/h5-7,11,16H,3-4,8-10,12-13H2,1-2H3. The molecule has 0 aliphatic carbocycles. The van der Waals surface area contributed by atoms with E-state index in [4.69, 9.17) is 4.42 Å². The number of rotatable bonds is 7. The largest absolute Gasteiger partial charge is 0.419 e. The highest BCUT2D eigenvalue weighted by Gasteiger charge is 2.32. The summed E-state index contributed by atoms with van der Waals surface area (Å²) in [6, 6.07) is 7.99. The summed E-state index contributed by atoms with van der Waals surface area (Å²) in [5.74, 6) is 1.55. The third-order valence-corrected chi connectivity index (χ3v) is 6.34. The first-order chi connectivity index (χ1) is 12.0. The smallest absolute Gasteiger partial charge is 0.247 e. The Bertz CT molecular complexity index is 816. The second-order valence-corrected chi connectivity index (χ2v) is 8.98. The molecule has 1 aromatic carbocycles. The lowest BCUT2D eigenvalue weighted by molar-refractivity contribution is 0.182. The quantitative estimate of drug-likeness (QED) is 0.753. The molecule has 1 saturated heterocycles. The van der Waals surface area contributed by atoms with E-state index in [0.29, 0.717) is 24.7 Å². The van der Waals surface area contributed by atoms with Gasteiger partial charge in [-0.1, -0.05) is 31.0 Å². The van der Waals surface area contributed by atoms with Crippen LogP contribution in [-0.4, -0.2) is 47.6 Å². The SMILES string of the molecule is CCCCN(Cc1nnc(-c2cccc(C)c2)o1)C1CCS(=O)(=O)C1. The zero-order valence-corrected chi connectivity index (χ0v) is 15.6. The second-order valence-electron chi connectivity index (χ2n) is 6.75. The van der Waals surface area contributed by atoms with Crippen molar-refractivity contribution >= 4 is 9.84 Å². The molecule has 1 aromatic heterocycles. The first kappa shape index (κ1) is 18.1. The number of hydrogen-bond donors (Lipinski definition) is 0. The van der Waals surface area contributed by atoms with E-state index in [1.54, 1.807) is 0 Å². The van der Waals surface area contributed by atoms with Crippen LogP contribution in [0.1, 0.15) is 37.6 Å². The van der Waals surface area contributed by atoms with Crippen LogP contribution >= 0.6 is 0 Å². The Kier molecular flexibility index (Phi) is 5.54. The molecule has 2 aromatic rings. The van der Waals surface area contributed by atoms with Crippen molar-refractivity contribution in [3.63, 3.8) is 0 Å². The number of aromatic nitrogens is 2. The molecule has 2 heterocycles. The monoisotopic (exact) mass is 363 g/mol. The van der Waals surface area contributed by atoms with E-state index in [2.05, 4.69) is 22.0 Å². The average molecular weight is 363 g/mol. The van der Waals surface area contributed by atoms with Gasteiger partial charge < -0.3 is 4.42 Å². The third-order valence-electron chi connectivity index (χ3n) is 4.59. The minimum atomic E-state index is -2.91. The molecule has 1 atom stereocenters. The molecule has 7 heteroatoms. The fourth-order valence-electron chi connectivity index (χ4n) is 3.20. The van der Waals surface area contributed by atoms with Crippen molar-refractivity contribution in [1.82, 2.24) is 15.1 Å². The number of nitrogens with zero attached hydrogens (tertiary/aromatic N) is 3. The minimum absolute atomic E-state index is 0.0471. The predicted molar refractivity (Wildman–Crippen MR) is 96.8 cm³/mol. The zero-order chi connectivity index (χ0) is 17.9. The van der Waals surface area contributed by atoms with Crippen molar-refractivity contribution in [1.29, 1.82) is 0 Å². The minimum Gasteiger partial charge on any atom is -0.419 e. The van der Waals surface area contributed by atoms with Crippen LogP contribution < -0.4 is 0 Å². The molecule has 0 spiro atoms. The van der Waals surface area contributed by atoms with Crippen LogP contribution in [-0.2, 0) is 16.4 Å². The molecule has 1 aliphatic heterocycles. The summed E-state index contributed by atoms with van der Waals surface area (Å²) in [4.78, 5) is 2.18. The molecular weight excluding hydrogens is 338 g/mol. The molecule has 1 unspecified atom stereocenters. The van der Waals surface area contributed by atoms with E-state index in [-0.39, 0.29) is 17.5 Å². The van der Waals surface area contributed by atoms with Gasteiger partial charge in [0.25, 0.3) is 0 Å². The number of aryl methyl sites for hydroxylation is 1. The van der Waals surface area contributed by atoms with Gasteiger partial charge in [0.1, 0.15) is 0 Å². The second kappa shape index (κ2) is 7.66. The van der Waals surface area contributed by atoms with E-state index in [0.717, 1.165) is 30.5 Å². The molecule has 0 N–H and O–H groups in total. The van der Waals surface area contributed by atoms with Gasteiger partial charge in [-0.25, -0.2) is 8.42 Å². The van der Waals surface area contributed by atoms with E-state index in [1.807, 2.05) is 31.2 Å². The Balaban J connectivity index is 1.73. The Morgan fingerprint density at radius 1 is 1.32 bits per heavy atom. The van der Waals surface area contributed by atoms with Gasteiger partial charge in [-0.2, -0.15) is 0 Å². The van der Waals surface area contributed by atoms with E-state index in [9.17, 15) is 8.42 Å². The summed E-state index contributed by atoms with van der Waals surface area (Å²) in [7, 11) is -2.91. The lowest BCUT2D eigenvalue weighted by Gasteiger charge is -2.26. The van der Waals surface area contributed by atoms with Crippen LogP contribution in [0, 0.1) is 6.92 Å².